The summed E-state index contributed by atoms with van der Waals surface area (Å²) in [5, 5.41) is 8.41. The number of hydrogen-bond donors (Lipinski definition) is 3. The fourth-order valence-electron chi connectivity index (χ4n) is 1.87. The van der Waals surface area contributed by atoms with Gasteiger partial charge in [0.2, 0.25) is 11.8 Å². The van der Waals surface area contributed by atoms with Gasteiger partial charge >= 0.3 is 0 Å². The number of nitrogens with one attached hydrogen (secondary N) is 3. The van der Waals surface area contributed by atoms with Crippen molar-refractivity contribution in [3.8, 4) is 0 Å². The number of amides is 2. The maximum atomic E-state index is 11.7. The molecule has 1 aromatic heterocycles. The predicted octanol–water partition coefficient (Wildman–Crippen LogP) is 0.358. The van der Waals surface area contributed by atoms with E-state index in [1.807, 2.05) is 0 Å². The lowest BCUT2D eigenvalue weighted by atomic mass is 10.2. The SMILES string of the molecule is Cl.Cl.O=C(CC1COCCN1)NCC(=O)Nc1cccnc1. The predicted molar refractivity (Wildman–Crippen MR) is 87.6 cm³/mol. The number of halogens is 2. The number of pyridine rings is 1. The Hall–Kier alpha value is -1.41. The Bertz CT molecular complexity index is 456. The normalized spacial score (nSPS) is 16.6. The van der Waals surface area contributed by atoms with Crippen LogP contribution < -0.4 is 16.0 Å². The Morgan fingerprint density at radius 1 is 1.36 bits per heavy atom. The second-order valence-corrected chi connectivity index (χ2v) is 4.50. The zero-order valence-electron chi connectivity index (χ0n) is 11.9. The highest BCUT2D eigenvalue weighted by atomic mass is 35.5. The quantitative estimate of drug-likeness (QED) is 0.712. The molecule has 1 saturated heterocycles. The third kappa shape index (κ3) is 7.56. The molecule has 2 rings (SSSR count). The molecule has 0 radical (unpaired) electrons. The Labute approximate surface area is 141 Å². The van der Waals surface area contributed by atoms with Gasteiger partial charge in [0.1, 0.15) is 0 Å². The zero-order valence-corrected chi connectivity index (χ0v) is 13.5. The maximum Gasteiger partial charge on any atom is 0.243 e. The average molecular weight is 351 g/mol. The Morgan fingerprint density at radius 3 is 2.82 bits per heavy atom. The lowest BCUT2D eigenvalue weighted by molar-refractivity contribution is -0.125. The summed E-state index contributed by atoms with van der Waals surface area (Å²) < 4.78 is 5.26. The van der Waals surface area contributed by atoms with E-state index >= 15 is 0 Å². The molecule has 3 N–H and O–H groups in total. The highest BCUT2D eigenvalue weighted by Crippen LogP contribution is 2.02. The number of aromatic nitrogens is 1. The van der Waals surface area contributed by atoms with Crippen LogP contribution >= 0.6 is 24.8 Å². The van der Waals surface area contributed by atoms with Crippen LogP contribution in [0.4, 0.5) is 5.69 Å². The van der Waals surface area contributed by atoms with E-state index in [0.717, 1.165) is 6.54 Å². The van der Waals surface area contributed by atoms with Gasteiger partial charge in [0, 0.05) is 25.2 Å². The molecule has 0 spiro atoms. The van der Waals surface area contributed by atoms with Crippen LogP contribution in [0.2, 0.25) is 0 Å². The van der Waals surface area contributed by atoms with Crippen LogP contribution in [0.5, 0.6) is 0 Å². The van der Waals surface area contributed by atoms with Crippen molar-refractivity contribution in [3.05, 3.63) is 24.5 Å². The van der Waals surface area contributed by atoms with E-state index in [-0.39, 0.29) is 49.2 Å². The molecule has 2 amide bonds. The summed E-state index contributed by atoms with van der Waals surface area (Å²) in [4.78, 5) is 27.2. The third-order valence-electron chi connectivity index (χ3n) is 2.82. The molecule has 22 heavy (non-hydrogen) atoms. The molecule has 1 unspecified atom stereocenters. The largest absolute Gasteiger partial charge is 0.378 e. The van der Waals surface area contributed by atoms with E-state index in [0.29, 0.717) is 25.3 Å². The molecule has 1 atom stereocenters. The molecule has 124 valence electrons. The van der Waals surface area contributed by atoms with Gasteiger partial charge in [-0.2, -0.15) is 0 Å². The van der Waals surface area contributed by atoms with Crippen LogP contribution in [-0.2, 0) is 14.3 Å². The molecule has 0 saturated carbocycles. The average Bonchev–Trinajstić information content (AvgIpc) is 2.47. The number of anilines is 1. The van der Waals surface area contributed by atoms with Crippen molar-refractivity contribution in [2.75, 3.05) is 31.6 Å². The summed E-state index contributed by atoms with van der Waals surface area (Å²) in [6, 6.07) is 3.48. The van der Waals surface area contributed by atoms with Gasteiger partial charge in [-0.05, 0) is 12.1 Å². The number of carbonyl (C=O) groups excluding carboxylic acids is 2. The molecule has 7 nitrogen and oxygen atoms in total. The van der Waals surface area contributed by atoms with E-state index < -0.39 is 0 Å². The minimum absolute atomic E-state index is 0. The minimum Gasteiger partial charge on any atom is -0.378 e. The Kier molecular flexibility index (Phi) is 10.5. The lowest BCUT2D eigenvalue weighted by Crippen LogP contribution is -2.45. The summed E-state index contributed by atoms with van der Waals surface area (Å²) in [6.07, 6.45) is 3.47. The van der Waals surface area contributed by atoms with Gasteiger partial charge in [-0.25, -0.2) is 0 Å². The van der Waals surface area contributed by atoms with E-state index in [4.69, 9.17) is 4.74 Å². The summed E-state index contributed by atoms with van der Waals surface area (Å²) >= 11 is 0. The fourth-order valence-corrected chi connectivity index (χ4v) is 1.87. The maximum absolute atomic E-state index is 11.7. The van der Waals surface area contributed by atoms with Crippen LogP contribution in [0.25, 0.3) is 0 Å². The Morgan fingerprint density at radius 2 is 2.18 bits per heavy atom. The first-order valence-electron chi connectivity index (χ1n) is 6.52. The second kappa shape index (κ2) is 11.2. The summed E-state index contributed by atoms with van der Waals surface area (Å²) in [5.74, 6) is -0.450. The van der Waals surface area contributed by atoms with Gasteiger partial charge in [0.15, 0.2) is 0 Å². The molecule has 0 aromatic carbocycles. The first kappa shape index (κ1) is 20.6. The van der Waals surface area contributed by atoms with Crippen LogP contribution in [0.15, 0.2) is 24.5 Å². The van der Waals surface area contributed by atoms with E-state index in [2.05, 4.69) is 20.9 Å². The molecule has 9 heteroatoms. The molecule has 1 aliphatic heterocycles. The first-order valence-corrected chi connectivity index (χ1v) is 6.52. The number of hydrogen-bond acceptors (Lipinski definition) is 5. The zero-order chi connectivity index (χ0) is 14.2. The van der Waals surface area contributed by atoms with Gasteiger partial charge in [-0.1, -0.05) is 0 Å². The fraction of sp³-hybridized carbons (Fsp3) is 0.462. The number of nitrogens with zero attached hydrogens (tertiary/aromatic N) is 1. The molecule has 1 fully saturated rings. The number of carbonyl (C=O) groups is 2. The molecular weight excluding hydrogens is 331 g/mol. The number of ether oxygens (including phenoxy) is 1. The molecule has 1 aromatic rings. The highest BCUT2D eigenvalue weighted by Gasteiger charge is 2.17. The van der Waals surface area contributed by atoms with Crippen LogP contribution in [0, 0.1) is 0 Å². The molecule has 2 heterocycles. The molecule has 0 bridgehead atoms. The summed E-state index contributed by atoms with van der Waals surface area (Å²) in [7, 11) is 0. The minimum atomic E-state index is -0.279. The smallest absolute Gasteiger partial charge is 0.243 e. The summed E-state index contributed by atoms with van der Waals surface area (Å²) in [5.41, 5.74) is 0.606. The lowest BCUT2D eigenvalue weighted by Gasteiger charge is -2.23. The number of rotatable bonds is 5. The topological polar surface area (TPSA) is 92.4 Å². The molecular formula is C13H20Cl2N4O3. The monoisotopic (exact) mass is 350 g/mol. The molecule has 1 aliphatic rings. The Balaban J connectivity index is 0.00000220. The van der Waals surface area contributed by atoms with Crippen molar-refractivity contribution in [3.63, 3.8) is 0 Å². The van der Waals surface area contributed by atoms with Crippen molar-refractivity contribution >= 4 is 42.3 Å². The van der Waals surface area contributed by atoms with Crippen molar-refractivity contribution < 1.29 is 14.3 Å². The van der Waals surface area contributed by atoms with Gasteiger partial charge in [-0.15, -0.1) is 24.8 Å². The van der Waals surface area contributed by atoms with Gasteiger partial charge < -0.3 is 20.7 Å². The van der Waals surface area contributed by atoms with E-state index in [1.54, 1.807) is 24.5 Å². The van der Waals surface area contributed by atoms with Crippen molar-refractivity contribution in [2.24, 2.45) is 0 Å². The van der Waals surface area contributed by atoms with Crippen LogP contribution in [0.3, 0.4) is 0 Å². The first-order chi connectivity index (χ1) is 9.74. The summed E-state index contributed by atoms with van der Waals surface area (Å²) in [6.45, 7) is 1.89. The van der Waals surface area contributed by atoms with Crippen LogP contribution in [-0.4, -0.2) is 49.1 Å². The van der Waals surface area contributed by atoms with Crippen molar-refractivity contribution in [2.45, 2.75) is 12.5 Å². The van der Waals surface area contributed by atoms with Crippen LogP contribution in [0.1, 0.15) is 6.42 Å². The van der Waals surface area contributed by atoms with Crippen molar-refractivity contribution in [1.82, 2.24) is 15.6 Å². The van der Waals surface area contributed by atoms with E-state index in [9.17, 15) is 9.59 Å². The highest BCUT2D eigenvalue weighted by molar-refractivity contribution is 5.94. The number of morpholine rings is 1. The standard InChI is InChI=1S/C13H18N4O3.2ClH/c18-12(6-11-9-20-5-4-15-11)16-8-13(19)17-10-2-1-3-14-7-10;;/h1-3,7,11,15H,4-6,8-9H2,(H,16,18)(H,17,19);2*1H. The van der Waals surface area contributed by atoms with Gasteiger partial charge in [0.05, 0.1) is 31.6 Å². The molecule has 0 aliphatic carbocycles. The van der Waals surface area contributed by atoms with Gasteiger partial charge in [0.25, 0.3) is 0 Å². The van der Waals surface area contributed by atoms with E-state index in [1.165, 1.54) is 0 Å². The third-order valence-corrected chi connectivity index (χ3v) is 2.82. The van der Waals surface area contributed by atoms with Crippen molar-refractivity contribution in [1.29, 1.82) is 0 Å². The second-order valence-electron chi connectivity index (χ2n) is 4.50. The van der Waals surface area contributed by atoms with Gasteiger partial charge in [-0.3, -0.25) is 14.6 Å².